The van der Waals surface area contributed by atoms with E-state index in [1.165, 1.54) is 0 Å². The molecule has 0 spiro atoms. The normalized spacial score (nSPS) is 10.8. The van der Waals surface area contributed by atoms with Gasteiger partial charge in [-0.2, -0.15) is 5.10 Å². The zero-order chi connectivity index (χ0) is 21.9. The largest absolute Gasteiger partial charge is 0.493 e. The van der Waals surface area contributed by atoms with E-state index in [4.69, 9.17) is 13.9 Å². The first-order valence-electron chi connectivity index (χ1n) is 9.69. The van der Waals surface area contributed by atoms with Gasteiger partial charge in [0.2, 0.25) is 5.88 Å². The van der Waals surface area contributed by atoms with Gasteiger partial charge in [0, 0.05) is 29.5 Å². The molecule has 158 valence electrons. The zero-order valence-electron chi connectivity index (χ0n) is 16.9. The molecule has 32 heavy (non-hydrogen) atoms. The van der Waals surface area contributed by atoms with Gasteiger partial charge >= 0.3 is 0 Å². The molecule has 0 aliphatic rings. The summed E-state index contributed by atoms with van der Waals surface area (Å²) >= 11 is 0. The summed E-state index contributed by atoms with van der Waals surface area (Å²) in [7, 11) is 1.56. The van der Waals surface area contributed by atoms with Crippen LogP contribution in [-0.2, 0) is 0 Å². The molecule has 0 unspecified atom stereocenters. The van der Waals surface area contributed by atoms with E-state index in [2.05, 4.69) is 20.6 Å². The number of carbonyl (C=O) groups is 1. The van der Waals surface area contributed by atoms with Gasteiger partial charge in [0.25, 0.3) is 5.91 Å². The number of hydrogen-bond donors (Lipinski definition) is 1. The number of para-hydroxylation sites is 1. The molecule has 3 aromatic heterocycles. The first-order valence-corrected chi connectivity index (χ1v) is 9.69. The van der Waals surface area contributed by atoms with E-state index in [1.54, 1.807) is 78.8 Å². The van der Waals surface area contributed by atoms with Crippen LogP contribution in [0.2, 0.25) is 0 Å². The topological polar surface area (TPSA) is 104 Å². The Hall–Kier alpha value is -4.66. The van der Waals surface area contributed by atoms with Crippen LogP contribution in [0.4, 0.5) is 5.69 Å². The Bertz CT molecular complexity index is 1360. The fourth-order valence-corrected chi connectivity index (χ4v) is 3.12. The Morgan fingerprint density at radius 3 is 2.62 bits per heavy atom. The third-order valence-electron chi connectivity index (χ3n) is 4.65. The van der Waals surface area contributed by atoms with Crippen LogP contribution in [0, 0.1) is 0 Å². The summed E-state index contributed by atoms with van der Waals surface area (Å²) in [5, 5.41) is 15.8. The lowest BCUT2D eigenvalue weighted by molar-refractivity contribution is 0.0998. The van der Waals surface area contributed by atoms with Gasteiger partial charge in [0.05, 0.1) is 7.11 Å². The maximum Gasteiger partial charge on any atom is 0.291 e. The highest BCUT2D eigenvalue weighted by Gasteiger charge is 2.15. The predicted molar refractivity (Wildman–Crippen MR) is 116 cm³/mol. The predicted octanol–water partition coefficient (Wildman–Crippen LogP) is 4.46. The van der Waals surface area contributed by atoms with Crippen LogP contribution < -0.4 is 14.8 Å². The van der Waals surface area contributed by atoms with Crippen molar-refractivity contribution in [3.8, 4) is 23.2 Å². The molecule has 0 saturated heterocycles. The third kappa shape index (κ3) is 3.86. The number of nitrogens with zero attached hydrogens (tertiary/aromatic N) is 4. The van der Waals surface area contributed by atoms with Crippen molar-refractivity contribution in [3.63, 3.8) is 0 Å². The Morgan fingerprint density at radius 1 is 1.03 bits per heavy atom. The van der Waals surface area contributed by atoms with E-state index in [-0.39, 0.29) is 11.7 Å². The Morgan fingerprint density at radius 2 is 1.91 bits per heavy atom. The molecule has 0 fully saturated rings. The number of amides is 1. The van der Waals surface area contributed by atoms with Crippen LogP contribution in [0.25, 0.3) is 16.8 Å². The van der Waals surface area contributed by atoms with Crippen LogP contribution in [0.3, 0.4) is 0 Å². The van der Waals surface area contributed by atoms with E-state index in [0.29, 0.717) is 34.5 Å². The number of rotatable bonds is 6. The van der Waals surface area contributed by atoms with Crippen molar-refractivity contribution in [1.29, 1.82) is 0 Å². The minimum Gasteiger partial charge on any atom is -0.493 e. The minimum absolute atomic E-state index is 0.192. The van der Waals surface area contributed by atoms with Crippen molar-refractivity contribution in [2.24, 2.45) is 0 Å². The average Bonchev–Trinajstić information content (AvgIpc) is 3.51. The zero-order valence-corrected chi connectivity index (χ0v) is 16.9. The number of anilines is 1. The second-order valence-corrected chi connectivity index (χ2v) is 6.75. The maximum absolute atomic E-state index is 12.6. The fourth-order valence-electron chi connectivity index (χ4n) is 3.12. The molecule has 2 aromatic carbocycles. The number of methoxy groups -OCH3 is 1. The summed E-state index contributed by atoms with van der Waals surface area (Å²) in [5.74, 6) is 1.88. The molecule has 1 amide bonds. The quantitative estimate of drug-likeness (QED) is 0.426. The summed E-state index contributed by atoms with van der Waals surface area (Å²) in [6, 6.07) is 19.3. The van der Waals surface area contributed by atoms with Crippen LogP contribution in [-0.4, -0.2) is 33.0 Å². The van der Waals surface area contributed by atoms with Gasteiger partial charge in [-0.25, -0.2) is 4.68 Å². The lowest BCUT2D eigenvalue weighted by Gasteiger charge is -2.07. The smallest absolute Gasteiger partial charge is 0.291 e. The van der Waals surface area contributed by atoms with Gasteiger partial charge in [0.1, 0.15) is 5.75 Å². The van der Waals surface area contributed by atoms with Crippen molar-refractivity contribution in [3.05, 3.63) is 84.9 Å². The van der Waals surface area contributed by atoms with Crippen molar-refractivity contribution in [1.82, 2.24) is 20.0 Å². The Kier molecular flexibility index (Phi) is 4.97. The Balaban J connectivity index is 1.25. The average molecular weight is 427 g/mol. The molecule has 5 aromatic rings. The minimum atomic E-state index is -0.364. The molecular weight excluding hydrogens is 410 g/mol. The standard InChI is InChI=1S/C23H17N5O4/c1-30-18-5-2-4-15-14-19(32-22(15)18)23(29)25-16-6-8-17(9-7-16)31-21-11-10-20(26-27-21)28-13-3-12-24-28/h2-14H,1H3,(H,25,29). The molecule has 1 N–H and O–H groups in total. The van der Waals surface area contributed by atoms with Gasteiger partial charge in [-0.1, -0.05) is 12.1 Å². The molecule has 3 heterocycles. The molecular formula is C23H17N5O4. The summed E-state index contributed by atoms with van der Waals surface area (Å²) in [6.45, 7) is 0. The van der Waals surface area contributed by atoms with Gasteiger partial charge < -0.3 is 19.2 Å². The molecule has 9 heteroatoms. The van der Waals surface area contributed by atoms with Crippen LogP contribution in [0.15, 0.2) is 83.5 Å². The molecule has 5 rings (SSSR count). The van der Waals surface area contributed by atoms with E-state index in [9.17, 15) is 4.79 Å². The second-order valence-electron chi connectivity index (χ2n) is 6.75. The fraction of sp³-hybridized carbons (Fsp3) is 0.0435. The van der Waals surface area contributed by atoms with Crippen molar-refractivity contribution >= 4 is 22.6 Å². The first-order chi connectivity index (χ1) is 15.7. The molecule has 0 radical (unpaired) electrons. The molecule has 0 saturated carbocycles. The molecule has 0 aliphatic carbocycles. The van der Waals surface area contributed by atoms with Crippen molar-refractivity contribution in [2.45, 2.75) is 0 Å². The van der Waals surface area contributed by atoms with E-state index in [0.717, 1.165) is 5.39 Å². The highest BCUT2D eigenvalue weighted by atomic mass is 16.5. The monoisotopic (exact) mass is 427 g/mol. The molecule has 0 bridgehead atoms. The molecule has 9 nitrogen and oxygen atoms in total. The van der Waals surface area contributed by atoms with Gasteiger partial charge in [-0.3, -0.25) is 4.79 Å². The highest BCUT2D eigenvalue weighted by Crippen LogP contribution is 2.29. The lowest BCUT2D eigenvalue weighted by Crippen LogP contribution is -2.10. The molecule has 0 atom stereocenters. The van der Waals surface area contributed by atoms with Gasteiger partial charge in [0.15, 0.2) is 22.9 Å². The number of benzene rings is 2. The third-order valence-corrected chi connectivity index (χ3v) is 4.65. The summed E-state index contributed by atoms with van der Waals surface area (Å²) in [4.78, 5) is 12.6. The van der Waals surface area contributed by atoms with E-state index < -0.39 is 0 Å². The van der Waals surface area contributed by atoms with Crippen LogP contribution >= 0.6 is 0 Å². The number of carbonyl (C=O) groups excluding carboxylic acids is 1. The number of fused-ring (bicyclic) bond motifs is 1. The number of furan rings is 1. The number of aromatic nitrogens is 4. The maximum atomic E-state index is 12.6. The van der Waals surface area contributed by atoms with E-state index >= 15 is 0 Å². The van der Waals surface area contributed by atoms with E-state index in [1.807, 2.05) is 12.1 Å². The Labute approximate surface area is 182 Å². The lowest BCUT2D eigenvalue weighted by atomic mass is 10.2. The molecule has 0 aliphatic heterocycles. The summed E-state index contributed by atoms with van der Waals surface area (Å²) in [5.41, 5.74) is 1.12. The SMILES string of the molecule is COc1cccc2cc(C(=O)Nc3ccc(Oc4ccc(-n5cccn5)nn4)cc3)oc12. The number of nitrogens with one attached hydrogen (secondary N) is 1. The number of hydrogen-bond acceptors (Lipinski definition) is 7. The second kappa shape index (κ2) is 8.23. The van der Waals surface area contributed by atoms with Crippen molar-refractivity contribution in [2.75, 3.05) is 12.4 Å². The summed E-state index contributed by atoms with van der Waals surface area (Å²) < 4.78 is 18.3. The van der Waals surface area contributed by atoms with Gasteiger partial charge in [-0.15, -0.1) is 10.2 Å². The van der Waals surface area contributed by atoms with Gasteiger partial charge in [-0.05, 0) is 48.5 Å². The number of ether oxygens (including phenoxy) is 2. The summed E-state index contributed by atoms with van der Waals surface area (Å²) in [6.07, 6.45) is 3.44. The van der Waals surface area contributed by atoms with Crippen molar-refractivity contribution < 1.29 is 18.7 Å². The van der Waals surface area contributed by atoms with Crippen LogP contribution in [0.1, 0.15) is 10.6 Å². The highest BCUT2D eigenvalue weighted by molar-refractivity contribution is 6.05. The first kappa shape index (κ1) is 19.3. The van der Waals surface area contributed by atoms with Crippen LogP contribution in [0.5, 0.6) is 17.4 Å².